The predicted molar refractivity (Wildman–Crippen MR) is 130 cm³/mol. The monoisotopic (exact) mass is 449 g/mol. The summed E-state index contributed by atoms with van der Waals surface area (Å²) in [6.45, 7) is 5.21. The lowest BCUT2D eigenvalue weighted by molar-refractivity contribution is -0.123. The van der Waals surface area contributed by atoms with E-state index in [-0.39, 0.29) is 24.5 Å². The van der Waals surface area contributed by atoms with E-state index in [0.717, 1.165) is 47.6 Å². The Morgan fingerprint density at radius 2 is 1.94 bits per heavy atom. The van der Waals surface area contributed by atoms with Gasteiger partial charge in [-0.15, -0.1) is 0 Å². The van der Waals surface area contributed by atoms with Gasteiger partial charge < -0.3 is 20.6 Å². The van der Waals surface area contributed by atoms with Crippen LogP contribution in [0, 0.1) is 0 Å². The van der Waals surface area contributed by atoms with Crippen LogP contribution in [0.2, 0.25) is 0 Å². The highest BCUT2D eigenvalue weighted by molar-refractivity contribution is 5.94. The molecule has 8 nitrogen and oxygen atoms in total. The second-order valence-corrected chi connectivity index (χ2v) is 8.01. The maximum atomic E-state index is 12.4. The lowest BCUT2D eigenvalue weighted by Gasteiger charge is -2.39. The number of para-hydroxylation sites is 1. The Balaban J connectivity index is 0.000000968. The molecule has 8 heteroatoms. The lowest BCUT2D eigenvalue weighted by atomic mass is 9.89. The molecule has 0 saturated carbocycles. The van der Waals surface area contributed by atoms with E-state index in [1.165, 1.54) is 0 Å². The number of fused-ring (bicyclic) bond motifs is 1. The number of carbonyl (C=O) groups is 2. The number of amides is 1. The molecule has 4 rings (SSSR count). The van der Waals surface area contributed by atoms with Gasteiger partial charge in [-0.1, -0.05) is 24.3 Å². The van der Waals surface area contributed by atoms with Crippen molar-refractivity contribution in [1.29, 1.82) is 0 Å². The minimum Gasteiger partial charge on any atom is -0.483 e. The minimum absolute atomic E-state index is 0.0783. The first-order valence-corrected chi connectivity index (χ1v) is 11.0. The van der Waals surface area contributed by atoms with Crippen molar-refractivity contribution in [2.24, 2.45) is 0 Å². The maximum Gasteiger partial charge on any atom is 0.290 e. The normalized spacial score (nSPS) is 16.9. The first-order chi connectivity index (χ1) is 16.0. The number of carbonyl (C=O) groups excluding carboxylic acids is 1. The van der Waals surface area contributed by atoms with E-state index in [1.54, 1.807) is 6.92 Å². The number of hydrogen-bond acceptors (Lipinski definition) is 5. The van der Waals surface area contributed by atoms with Crippen LogP contribution in [0.4, 0.5) is 11.4 Å². The summed E-state index contributed by atoms with van der Waals surface area (Å²) >= 11 is 0. The summed E-state index contributed by atoms with van der Waals surface area (Å²) in [6, 6.07) is 16.9. The zero-order valence-corrected chi connectivity index (χ0v) is 19.2. The highest BCUT2D eigenvalue weighted by Gasteiger charge is 2.32. The highest BCUT2D eigenvalue weighted by Crippen LogP contribution is 2.41. The molecule has 1 aliphatic rings. The summed E-state index contributed by atoms with van der Waals surface area (Å²) in [5.74, 6) is 0.0783. The first kappa shape index (κ1) is 24.0. The van der Waals surface area contributed by atoms with Crippen LogP contribution in [0.25, 0.3) is 11.1 Å². The van der Waals surface area contributed by atoms with Crippen LogP contribution in [-0.4, -0.2) is 46.9 Å². The summed E-state index contributed by atoms with van der Waals surface area (Å²) in [4.78, 5) is 22.7. The molecule has 3 aromatic rings. The third kappa shape index (κ3) is 5.78. The fourth-order valence-electron chi connectivity index (χ4n) is 4.26. The van der Waals surface area contributed by atoms with Gasteiger partial charge in [-0.25, -0.2) is 0 Å². The quantitative estimate of drug-likeness (QED) is 0.496. The topological polar surface area (TPSA) is 99.5 Å². The Bertz CT molecular complexity index is 1070. The number of carboxylic acid groups (broad SMARTS) is 1. The van der Waals surface area contributed by atoms with Crippen molar-refractivity contribution in [2.75, 3.05) is 23.8 Å². The van der Waals surface area contributed by atoms with Crippen molar-refractivity contribution in [3.8, 4) is 11.1 Å². The van der Waals surface area contributed by atoms with Crippen LogP contribution in [0.3, 0.4) is 0 Å². The minimum atomic E-state index is -0.250. The fourth-order valence-corrected chi connectivity index (χ4v) is 4.26. The van der Waals surface area contributed by atoms with Crippen LogP contribution in [0.15, 0.2) is 60.9 Å². The highest BCUT2D eigenvalue weighted by atomic mass is 16.3. The summed E-state index contributed by atoms with van der Waals surface area (Å²) < 4.78 is 1.95. The number of likely N-dealkylation sites (N-methyl/N-ethyl adjacent to an activating group) is 1. The van der Waals surface area contributed by atoms with Crippen LogP contribution < -0.4 is 15.5 Å². The lowest BCUT2D eigenvalue weighted by Crippen LogP contribution is -2.43. The van der Waals surface area contributed by atoms with E-state index in [0.29, 0.717) is 0 Å². The van der Waals surface area contributed by atoms with Crippen LogP contribution >= 0.6 is 0 Å². The van der Waals surface area contributed by atoms with Gasteiger partial charge in [0.15, 0.2) is 0 Å². The van der Waals surface area contributed by atoms with Gasteiger partial charge in [0.05, 0.1) is 18.8 Å². The number of rotatable bonds is 6. The average molecular weight is 450 g/mol. The zero-order valence-electron chi connectivity index (χ0n) is 19.2. The third-order valence-corrected chi connectivity index (χ3v) is 5.69. The van der Waals surface area contributed by atoms with Crippen molar-refractivity contribution in [1.82, 2.24) is 15.1 Å². The molecule has 0 fully saturated rings. The number of hydrogen-bond donors (Lipinski definition) is 3. The molecule has 0 radical (unpaired) electrons. The standard InChI is InChI=1S/C24H29N5O.CH2O2/c1-17-13-23(27-21-7-5-4-6-8-21)22-14-19(9-10-24(22)29(17)18(2)30)20-15-26-28(16-20)12-11-25-3;2-1-3/h4-10,14-17,23,25,27H,11-13H2,1-3H3;1H,(H,2,3)/t17-,23+;/m0./s1. The molecular weight excluding hydrogens is 418 g/mol. The van der Waals surface area contributed by atoms with Crippen molar-refractivity contribution in [3.63, 3.8) is 0 Å². The average Bonchev–Trinajstić information content (AvgIpc) is 3.27. The summed E-state index contributed by atoms with van der Waals surface area (Å²) in [7, 11) is 1.94. The van der Waals surface area contributed by atoms with E-state index in [1.807, 2.05) is 41.0 Å². The van der Waals surface area contributed by atoms with Crippen LogP contribution in [-0.2, 0) is 16.1 Å². The molecule has 2 aromatic carbocycles. The predicted octanol–water partition coefficient (Wildman–Crippen LogP) is 3.77. The third-order valence-electron chi connectivity index (χ3n) is 5.69. The van der Waals surface area contributed by atoms with Gasteiger partial charge in [0.2, 0.25) is 5.91 Å². The van der Waals surface area contributed by atoms with E-state index < -0.39 is 0 Å². The Morgan fingerprint density at radius 3 is 2.61 bits per heavy atom. The molecule has 0 unspecified atom stereocenters. The zero-order chi connectivity index (χ0) is 23.8. The molecule has 2 atom stereocenters. The Hall–Kier alpha value is -3.65. The van der Waals surface area contributed by atoms with E-state index >= 15 is 0 Å². The Labute approximate surface area is 194 Å². The van der Waals surface area contributed by atoms with Gasteiger partial charge in [0.1, 0.15) is 0 Å². The van der Waals surface area contributed by atoms with Gasteiger partial charge in [-0.05, 0) is 55.8 Å². The summed E-state index contributed by atoms with van der Waals surface area (Å²) in [5.41, 5.74) is 5.42. The molecule has 0 spiro atoms. The van der Waals surface area contributed by atoms with Crippen molar-refractivity contribution < 1.29 is 14.7 Å². The number of benzene rings is 2. The smallest absolute Gasteiger partial charge is 0.290 e. The number of nitrogens with one attached hydrogen (secondary N) is 2. The maximum absolute atomic E-state index is 12.4. The van der Waals surface area contributed by atoms with E-state index in [9.17, 15) is 4.79 Å². The fraction of sp³-hybridized carbons (Fsp3) is 0.320. The van der Waals surface area contributed by atoms with E-state index in [4.69, 9.17) is 9.90 Å². The molecule has 1 amide bonds. The van der Waals surface area contributed by atoms with Crippen molar-refractivity contribution in [2.45, 2.75) is 38.9 Å². The molecule has 33 heavy (non-hydrogen) atoms. The molecular formula is C25H31N5O3. The van der Waals surface area contributed by atoms with E-state index in [2.05, 4.69) is 59.2 Å². The van der Waals surface area contributed by atoms with Crippen LogP contribution in [0.1, 0.15) is 31.9 Å². The second-order valence-electron chi connectivity index (χ2n) is 8.01. The molecule has 0 aliphatic carbocycles. The van der Waals surface area contributed by atoms with Crippen LogP contribution in [0.5, 0.6) is 0 Å². The second kappa shape index (κ2) is 11.3. The molecule has 0 bridgehead atoms. The molecule has 3 N–H and O–H groups in total. The van der Waals surface area contributed by atoms with Gasteiger partial charge in [0.25, 0.3) is 6.47 Å². The Morgan fingerprint density at radius 1 is 1.21 bits per heavy atom. The summed E-state index contributed by atoms with van der Waals surface area (Å²) in [6.07, 6.45) is 4.84. The number of nitrogens with zero attached hydrogens (tertiary/aromatic N) is 3. The number of anilines is 2. The van der Waals surface area contributed by atoms with Gasteiger partial charge >= 0.3 is 0 Å². The number of aromatic nitrogens is 2. The van der Waals surface area contributed by atoms with Crippen molar-refractivity contribution >= 4 is 23.8 Å². The molecule has 1 aromatic heterocycles. The molecule has 1 aliphatic heterocycles. The molecule has 174 valence electrons. The molecule has 2 heterocycles. The summed E-state index contributed by atoms with van der Waals surface area (Å²) in [5, 5.41) is 18.2. The SMILES string of the molecule is CNCCn1cc(-c2ccc3c(c2)[C@H](Nc2ccccc2)C[C@H](C)N3C(C)=O)cn1.O=CO. The largest absolute Gasteiger partial charge is 0.483 e. The Kier molecular flexibility index (Phi) is 8.21. The van der Waals surface area contributed by atoms with Gasteiger partial charge in [0, 0.05) is 42.6 Å². The van der Waals surface area contributed by atoms with Gasteiger partial charge in [-0.3, -0.25) is 14.3 Å². The first-order valence-electron chi connectivity index (χ1n) is 11.0. The van der Waals surface area contributed by atoms with Gasteiger partial charge in [-0.2, -0.15) is 5.10 Å². The van der Waals surface area contributed by atoms with Crippen molar-refractivity contribution in [3.05, 3.63) is 66.5 Å². The molecule has 0 saturated heterocycles.